The van der Waals surface area contributed by atoms with Crippen LogP contribution in [-0.2, 0) is 11.8 Å². The second-order valence-electron chi connectivity index (χ2n) is 4.17. The number of hydrogen-bond donors (Lipinski definition) is 0. The fourth-order valence-electron chi connectivity index (χ4n) is 1.57. The minimum atomic E-state index is -0.419. The van der Waals surface area contributed by atoms with E-state index >= 15 is 0 Å². The Morgan fingerprint density at radius 1 is 1.53 bits per heavy atom. The number of ether oxygens (including phenoxy) is 1. The fourth-order valence-corrected chi connectivity index (χ4v) is 1.57. The van der Waals surface area contributed by atoms with E-state index in [1.54, 1.807) is 26.2 Å². The lowest BCUT2D eigenvalue weighted by Crippen LogP contribution is -2.23. The first-order chi connectivity index (χ1) is 9.08. The number of carbonyl (C=O) groups excluding carboxylic acids is 1. The van der Waals surface area contributed by atoms with Gasteiger partial charge in [0.25, 0.3) is 0 Å². The Hall–Kier alpha value is -1.80. The van der Waals surface area contributed by atoms with Crippen molar-refractivity contribution in [2.75, 3.05) is 19.6 Å². The number of esters is 1. The lowest BCUT2D eigenvalue weighted by molar-refractivity contribution is 0.0425. The van der Waals surface area contributed by atoms with E-state index in [2.05, 4.69) is 35.7 Å². The van der Waals surface area contributed by atoms with Crippen molar-refractivity contribution in [3.63, 3.8) is 0 Å². The third kappa shape index (κ3) is 4.76. The lowest BCUT2D eigenvalue weighted by atomic mass is 10.3. The maximum Gasteiger partial charge on any atom is 0.357 e. The number of hydrogen-bond acceptors (Lipinski definition) is 4. The molecule has 0 aromatic carbocycles. The van der Waals surface area contributed by atoms with Gasteiger partial charge in [0.2, 0.25) is 0 Å². The summed E-state index contributed by atoms with van der Waals surface area (Å²) >= 11 is 0. The highest BCUT2D eigenvalue weighted by Crippen LogP contribution is 2.02. The van der Waals surface area contributed by atoms with Gasteiger partial charge in [-0.05, 0) is 26.1 Å². The molecule has 5 nitrogen and oxygen atoms in total. The predicted octanol–water partition coefficient (Wildman–Crippen LogP) is 1.31. The Bertz CT molecular complexity index is 467. The molecule has 19 heavy (non-hydrogen) atoms. The van der Waals surface area contributed by atoms with Crippen LogP contribution in [0.15, 0.2) is 12.3 Å². The molecule has 0 amide bonds. The van der Waals surface area contributed by atoms with Crippen LogP contribution in [0, 0.1) is 11.8 Å². The van der Waals surface area contributed by atoms with Crippen LogP contribution in [0.4, 0.5) is 0 Å². The molecule has 1 rings (SSSR count). The van der Waals surface area contributed by atoms with Gasteiger partial charge in [0.15, 0.2) is 6.10 Å². The molecule has 0 fully saturated rings. The smallest absolute Gasteiger partial charge is 0.357 e. The van der Waals surface area contributed by atoms with E-state index in [1.165, 1.54) is 4.68 Å². The van der Waals surface area contributed by atoms with Crippen LogP contribution in [0.25, 0.3) is 0 Å². The summed E-state index contributed by atoms with van der Waals surface area (Å²) in [7, 11) is 1.70. The molecule has 1 atom stereocenters. The Balaban J connectivity index is 2.48. The summed E-state index contributed by atoms with van der Waals surface area (Å²) in [6.07, 6.45) is 1.14. The van der Waals surface area contributed by atoms with E-state index < -0.39 is 12.1 Å². The Morgan fingerprint density at radius 3 is 2.74 bits per heavy atom. The van der Waals surface area contributed by atoms with Crippen molar-refractivity contribution in [1.29, 1.82) is 0 Å². The van der Waals surface area contributed by atoms with Gasteiger partial charge in [-0.2, -0.15) is 5.10 Å². The van der Waals surface area contributed by atoms with Crippen molar-refractivity contribution >= 4 is 5.97 Å². The summed E-state index contributed by atoms with van der Waals surface area (Å²) in [5.41, 5.74) is 0.428. The Kier molecular flexibility index (Phi) is 6.10. The average Bonchev–Trinajstić information content (AvgIpc) is 2.81. The zero-order valence-electron chi connectivity index (χ0n) is 12.0. The lowest BCUT2D eigenvalue weighted by Gasteiger charge is -2.13. The van der Waals surface area contributed by atoms with Crippen molar-refractivity contribution in [2.24, 2.45) is 7.05 Å². The first-order valence-electron chi connectivity index (χ1n) is 6.48. The minimum Gasteiger partial charge on any atom is -0.445 e. The number of aryl methyl sites for hydroxylation is 1. The van der Waals surface area contributed by atoms with Crippen LogP contribution in [0.1, 0.15) is 31.3 Å². The molecule has 1 heterocycles. The molecule has 1 aromatic heterocycles. The summed E-state index contributed by atoms with van der Waals surface area (Å²) < 4.78 is 6.72. The number of carbonyl (C=O) groups is 1. The second kappa shape index (κ2) is 7.59. The third-order valence-corrected chi connectivity index (χ3v) is 2.82. The summed E-state index contributed by atoms with van der Waals surface area (Å²) in [5, 5.41) is 3.93. The molecule has 0 aliphatic rings. The molecule has 0 saturated carbocycles. The summed E-state index contributed by atoms with van der Waals surface area (Å²) in [4.78, 5) is 14.0. The van der Waals surface area contributed by atoms with Crippen LogP contribution in [0.2, 0.25) is 0 Å². The van der Waals surface area contributed by atoms with E-state index in [9.17, 15) is 4.79 Å². The second-order valence-corrected chi connectivity index (χ2v) is 4.17. The first kappa shape index (κ1) is 15.3. The molecule has 0 spiro atoms. The van der Waals surface area contributed by atoms with Crippen LogP contribution in [-0.4, -0.2) is 46.4 Å². The monoisotopic (exact) mass is 263 g/mol. The SMILES string of the molecule is CCN(CC)CC#C[C@@H](C)OC(=O)c1ccnn1C. The maximum absolute atomic E-state index is 11.8. The van der Waals surface area contributed by atoms with E-state index in [0.29, 0.717) is 12.2 Å². The van der Waals surface area contributed by atoms with Crippen molar-refractivity contribution in [2.45, 2.75) is 26.9 Å². The molecular formula is C14H21N3O2. The molecular weight excluding hydrogens is 242 g/mol. The normalized spacial score (nSPS) is 11.8. The van der Waals surface area contributed by atoms with Crippen molar-refractivity contribution in [3.05, 3.63) is 18.0 Å². The van der Waals surface area contributed by atoms with Crippen LogP contribution in [0.3, 0.4) is 0 Å². The van der Waals surface area contributed by atoms with Crippen LogP contribution < -0.4 is 0 Å². The van der Waals surface area contributed by atoms with Crippen molar-refractivity contribution in [1.82, 2.24) is 14.7 Å². The van der Waals surface area contributed by atoms with Gasteiger partial charge in [-0.1, -0.05) is 25.7 Å². The van der Waals surface area contributed by atoms with Crippen molar-refractivity contribution < 1.29 is 9.53 Å². The number of rotatable bonds is 5. The maximum atomic E-state index is 11.8. The van der Waals surface area contributed by atoms with Crippen LogP contribution >= 0.6 is 0 Å². The Labute approximate surface area is 114 Å². The molecule has 0 bridgehead atoms. The molecule has 0 N–H and O–H groups in total. The van der Waals surface area contributed by atoms with Gasteiger partial charge in [0.05, 0.1) is 6.54 Å². The first-order valence-corrected chi connectivity index (χ1v) is 6.48. The van der Waals surface area contributed by atoms with E-state index in [-0.39, 0.29) is 0 Å². The van der Waals surface area contributed by atoms with Gasteiger partial charge in [-0.15, -0.1) is 0 Å². The van der Waals surface area contributed by atoms with Gasteiger partial charge in [-0.3, -0.25) is 9.58 Å². The fraction of sp³-hybridized carbons (Fsp3) is 0.571. The van der Waals surface area contributed by atoms with Gasteiger partial charge in [0, 0.05) is 13.2 Å². The molecule has 1 aromatic rings. The zero-order valence-corrected chi connectivity index (χ0v) is 12.0. The van der Waals surface area contributed by atoms with E-state index in [1.807, 2.05) is 0 Å². The summed E-state index contributed by atoms with van der Waals surface area (Å²) in [6.45, 7) is 8.58. The molecule has 0 radical (unpaired) electrons. The van der Waals surface area contributed by atoms with Gasteiger partial charge < -0.3 is 4.74 Å². The highest BCUT2D eigenvalue weighted by molar-refractivity contribution is 5.87. The van der Waals surface area contributed by atoms with Gasteiger partial charge >= 0.3 is 5.97 Å². The summed E-state index contributed by atoms with van der Waals surface area (Å²) in [6, 6.07) is 1.62. The van der Waals surface area contributed by atoms with Gasteiger partial charge in [0.1, 0.15) is 5.69 Å². The predicted molar refractivity (Wildman–Crippen MR) is 73.6 cm³/mol. The van der Waals surface area contributed by atoms with Crippen molar-refractivity contribution in [3.8, 4) is 11.8 Å². The average molecular weight is 263 g/mol. The van der Waals surface area contributed by atoms with Crippen LogP contribution in [0.5, 0.6) is 0 Å². The molecule has 0 saturated heterocycles. The highest BCUT2D eigenvalue weighted by Gasteiger charge is 2.13. The molecule has 5 heteroatoms. The third-order valence-electron chi connectivity index (χ3n) is 2.82. The molecule has 0 aliphatic carbocycles. The summed E-state index contributed by atoms with van der Waals surface area (Å²) in [5.74, 6) is 5.56. The number of aromatic nitrogens is 2. The molecule has 0 unspecified atom stereocenters. The number of nitrogens with zero attached hydrogens (tertiary/aromatic N) is 3. The Morgan fingerprint density at radius 2 is 2.21 bits per heavy atom. The van der Waals surface area contributed by atoms with E-state index in [4.69, 9.17) is 4.74 Å². The quantitative estimate of drug-likeness (QED) is 0.593. The minimum absolute atomic E-state index is 0.398. The molecule has 104 valence electrons. The zero-order chi connectivity index (χ0) is 14.3. The highest BCUT2D eigenvalue weighted by atomic mass is 16.5. The largest absolute Gasteiger partial charge is 0.445 e. The van der Waals surface area contributed by atoms with Gasteiger partial charge in [-0.25, -0.2) is 4.79 Å². The topological polar surface area (TPSA) is 47.4 Å². The van der Waals surface area contributed by atoms with E-state index in [0.717, 1.165) is 13.1 Å². The molecule has 0 aliphatic heterocycles. The standard InChI is InChI=1S/C14H21N3O2/c1-5-17(6-2)11-7-8-12(3)19-14(18)13-9-10-15-16(13)4/h9-10,12H,5-6,11H2,1-4H3/t12-/m1/s1.